The molecule has 3 rings (SSSR count). The molecule has 2 nitrogen and oxygen atoms in total. The van der Waals surface area contributed by atoms with E-state index >= 15 is 0 Å². The lowest BCUT2D eigenvalue weighted by Crippen LogP contribution is -2.25. The number of hydrogen-bond acceptors (Lipinski definition) is 2. The van der Waals surface area contributed by atoms with Gasteiger partial charge in [0, 0.05) is 5.02 Å². The highest BCUT2D eigenvalue weighted by Crippen LogP contribution is 2.35. The van der Waals surface area contributed by atoms with Gasteiger partial charge in [-0.2, -0.15) is 0 Å². The molecule has 1 atom stereocenters. The molecule has 2 aromatic carbocycles. The van der Waals surface area contributed by atoms with Crippen LogP contribution in [0.2, 0.25) is 5.02 Å². The summed E-state index contributed by atoms with van der Waals surface area (Å²) >= 11 is 6.03. The van der Waals surface area contributed by atoms with Crippen LogP contribution in [0.5, 0.6) is 5.75 Å². The average Bonchev–Trinajstić information content (AvgIpc) is 2.66. The second-order valence-corrected chi connectivity index (χ2v) is 6.04. The number of fused-ring (bicyclic) bond motifs is 1. The highest BCUT2D eigenvalue weighted by Gasteiger charge is 2.25. The fraction of sp³-hybridized carbons (Fsp3) is 0.333. The third-order valence-corrected chi connectivity index (χ3v) is 4.48. The van der Waals surface area contributed by atoms with Crippen LogP contribution in [0.1, 0.15) is 29.2 Å². The Morgan fingerprint density at radius 2 is 1.90 bits per heavy atom. The Bertz CT molecular complexity index is 624. The molecule has 0 saturated carbocycles. The number of ether oxygens (including phenoxy) is 1. The Balaban J connectivity index is 2.11. The van der Waals surface area contributed by atoms with Crippen molar-refractivity contribution in [3.05, 3.63) is 64.2 Å². The summed E-state index contributed by atoms with van der Waals surface area (Å²) in [6.07, 6.45) is 2.30. The monoisotopic (exact) mass is 301 g/mol. The van der Waals surface area contributed by atoms with Gasteiger partial charge in [-0.15, -0.1) is 0 Å². The molecule has 2 aromatic rings. The van der Waals surface area contributed by atoms with Crippen LogP contribution in [-0.2, 0) is 6.42 Å². The van der Waals surface area contributed by atoms with Gasteiger partial charge >= 0.3 is 0 Å². The molecule has 0 amide bonds. The molecule has 0 spiro atoms. The molecule has 0 aromatic heterocycles. The zero-order chi connectivity index (χ0) is 14.8. The van der Waals surface area contributed by atoms with Gasteiger partial charge in [-0.25, -0.2) is 0 Å². The highest BCUT2D eigenvalue weighted by molar-refractivity contribution is 6.30. The van der Waals surface area contributed by atoms with E-state index in [9.17, 15) is 0 Å². The molecule has 3 heteroatoms. The lowest BCUT2D eigenvalue weighted by atomic mass is 9.93. The summed E-state index contributed by atoms with van der Waals surface area (Å²) in [4.78, 5) is 2.41. The fourth-order valence-corrected chi connectivity index (χ4v) is 3.27. The summed E-state index contributed by atoms with van der Waals surface area (Å²) in [5.74, 6) is 0.919. The predicted octanol–water partition coefficient (Wildman–Crippen LogP) is 4.32. The van der Waals surface area contributed by atoms with Crippen molar-refractivity contribution in [1.29, 1.82) is 0 Å². The SMILES string of the molecule is COc1ccc2c(c1)C(c1ccc(Cl)cc1)N(C)CCC2. The molecule has 1 aliphatic rings. The summed E-state index contributed by atoms with van der Waals surface area (Å²) in [6, 6.07) is 14.9. The molecule has 1 aliphatic heterocycles. The molecule has 0 saturated heterocycles. The molecule has 0 bridgehead atoms. The van der Waals surface area contributed by atoms with Crippen LogP contribution >= 0.6 is 11.6 Å². The highest BCUT2D eigenvalue weighted by atomic mass is 35.5. The Kier molecular flexibility index (Phi) is 4.18. The van der Waals surface area contributed by atoms with Gasteiger partial charge in [0.1, 0.15) is 5.75 Å². The minimum atomic E-state index is 0.259. The van der Waals surface area contributed by atoms with Gasteiger partial charge in [0.25, 0.3) is 0 Å². The third-order valence-electron chi connectivity index (χ3n) is 4.23. The van der Waals surface area contributed by atoms with E-state index < -0.39 is 0 Å². The molecule has 1 heterocycles. The number of rotatable bonds is 2. The summed E-state index contributed by atoms with van der Waals surface area (Å²) < 4.78 is 5.42. The van der Waals surface area contributed by atoms with Crippen LogP contribution in [0.3, 0.4) is 0 Å². The van der Waals surface area contributed by atoms with Crippen molar-refractivity contribution in [3.63, 3.8) is 0 Å². The van der Waals surface area contributed by atoms with Crippen molar-refractivity contribution >= 4 is 11.6 Å². The van der Waals surface area contributed by atoms with Gasteiger partial charge in [0.15, 0.2) is 0 Å². The Hall–Kier alpha value is -1.51. The van der Waals surface area contributed by atoms with E-state index in [0.717, 1.165) is 23.7 Å². The Morgan fingerprint density at radius 1 is 1.14 bits per heavy atom. The molecule has 110 valence electrons. The molecule has 0 aliphatic carbocycles. The number of nitrogens with zero attached hydrogens (tertiary/aromatic N) is 1. The average molecular weight is 302 g/mol. The molecule has 0 radical (unpaired) electrons. The van der Waals surface area contributed by atoms with Gasteiger partial charge < -0.3 is 4.74 Å². The van der Waals surface area contributed by atoms with Crippen LogP contribution in [0, 0.1) is 0 Å². The summed E-state index contributed by atoms with van der Waals surface area (Å²) in [6.45, 7) is 1.09. The standard InChI is InChI=1S/C18H20ClNO/c1-20-11-3-4-13-7-10-16(21-2)12-17(13)18(20)14-5-8-15(19)9-6-14/h5-10,12,18H,3-4,11H2,1-2H3. The van der Waals surface area contributed by atoms with Crippen LogP contribution in [0.15, 0.2) is 42.5 Å². The first-order valence-electron chi connectivity index (χ1n) is 7.31. The van der Waals surface area contributed by atoms with Crippen LogP contribution in [0.25, 0.3) is 0 Å². The lowest BCUT2D eigenvalue weighted by Gasteiger charge is -2.28. The van der Waals surface area contributed by atoms with E-state index in [1.54, 1.807) is 7.11 Å². The summed E-state index contributed by atoms with van der Waals surface area (Å²) in [7, 11) is 3.91. The second kappa shape index (κ2) is 6.08. The van der Waals surface area contributed by atoms with Crippen molar-refractivity contribution in [3.8, 4) is 5.75 Å². The number of benzene rings is 2. The molecule has 1 unspecified atom stereocenters. The number of halogens is 1. The first-order chi connectivity index (χ1) is 10.2. The van der Waals surface area contributed by atoms with Gasteiger partial charge in [-0.05, 0) is 67.4 Å². The Morgan fingerprint density at radius 3 is 2.62 bits per heavy atom. The maximum Gasteiger partial charge on any atom is 0.119 e. The van der Waals surface area contributed by atoms with Crippen LogP contribution in [-0.4, -0.2) is 25.6 Å². The quantitative estimate of drug-likeness (QED) is 0.819. The van der Waals surface area contributed by atoms with Crippen molar-refractivity contribution in [1.82, 2.24) is 4.90 Å². The van der Waals surface area contributed by atoms with E-state index in [-0.39, 0.29) is 6.04 Å². The summed E-state index contributed by atoms with van der Waals surface area (Å²) in [5, 5.41) is 0.779. The molecular formula is C18H20ClNO. The lowest BCUT2D eigenvalue weighted by molar-refractivity contribution is 0.284. The predicted molar refractivity (Wildman–Crippen MR) is 87.2 cm³/mol. The van der Waals surface area contributed by atoms with Crippen molar-refractivity contribution in [2.75, 3.05) is 20.7 Å². The second-order valence-electron chi connectivity index (χ2n) is 5.60. The minimum absolute atomic E-state index is 0.259. The largest absolute Gasteiger partial charge is 0.497 e. The molecule has 0 N–H and O–H groups in total. The topological polar surface area (TPSA) is 12.5 Å². The van der Waals surface area contributed by atoms with Crippen molar-refractivity contribution in [2.45, 2.75) is 18.9 Å². The molecular weight excluding hydrogens is 282 g/mol. The zero-order valence-corrected chi connectivity index (χ0v) is 13.2. The van der Waals surface area contributed by atoms with E-state index in [2.05, 4.69) is 42.3 Å². The number of aryl methyl sites for hydroxylation is 1. The fourth-order valence-electron chi connectivity index (χ4n) is 3.15. The third kappa shape index (κ3) is 2.92. The van der Waals surface area contributed by atoms with Crippen molar-refractivity contribution in [2.24, 2.45) is 0 Å². The zero-order valence-electron chi connectivity index (χ0n) is 12.5. The van der Waals surface area contributed by atoms with E-state index in [1.807, 2.05) is 12.1 Å². The van der Waals surface area contributed by atoms with E-state index in [1.165, 1.54) is 23.1 Å². The maximum atomic E-state index is 6.03. The maximum absolute atomic E-state index is 6.03. The minimum Gasteiger partial charge on any atom is -0.497 e. The van der Waals surface area contributed by atoms with Gasteiger partial charge in [-0.3, -0.25) is 4.90 Å². The van der Waals surface area contributed by atoms with Gasteiger partial charge in [0.2, 0.25) is 0 Å². The number of hydrogen-bond donors (Lipinski definition) is 0. The number of methoxy groups -OCH3 is 1. The van der Waals surface area contributed by atoms with Gasteiger partial charge in [-0.1, -0.05) is 29.8 Å². The van der Waals surface area contributed by atoms with Gasteiger partial charge in [0.05, 0.1) is 13.2 Å². The first-order valence-corrected chi connectivity index (χ1v) is 7.69. The normalized spacial score (nSPS) is 18.9. The first kappa shape index (κ1) is 14.4. The van der Waals surface area contributed by atoms with Crippen LogP contribution < -0.4 is 4.74 Å². The smallest absolute Gasteiger partial charge is 0.119 e. The summed E-state index contributed by atoms with van der Waals surface area (Å²) in [5.41, 5.74) is 4.04. The molecule has 0 fully saturated rings. The van der Waals surface area contributed by atoms with E-state index in [4.69, 9.17) is 16.3 Å². The van der Waals surface area contributed by atoms with Crippen LogP contribution in [0.4, 0.5) is 0 Å². The Labute approximate surface area is 131 Å². The van der Waals surface area contributed by atoms with E-state index in [0.29, 0.717) is 0 Å². The van der Waals surface area contributed by atoms with Crippen molar-refractivity contribution < 1.29 is 4.74 Å². The molecule has 21 heavy (non-hydrogen) atoms.